The monoisotopic (exact) mass is 192 g/mol. The molecular weight excluding hydrogens is 176 g/mol. The van der Waals surface area contributed by atoms with Crippen molar-refractivity contribution < 1.29 is 9.84 Å². The minimum Gasteiger partial charge on any atom is -0.497 e. The molecule has 14 heavy (non-hydrogen) atoms. The van der Waals surface area contributed by atoms with Crippen molar-refractivity contribution in [3.8, 4) is 5.75 Å². The Labute approximate surface area is 84.5 Å². The number of benzene rings is 1. The van der Waals surface area contributed by atoms with E-state index in [0.717, 1.165) is 24.2 Å². The highest BCUT2D eigenvalue weighted by atomic mass is 16.5. The fraction of sp³-hybridized carbons (Fsp3) is 0.500. The Kier molecular flexibility index (Phi) is 2.73. The molecule has 2 heteroatoms. The van der Waals surface area contributed by atoms with Gasteiger partial charge < -0.3 is 9.84 Å². The molecular formula is C12H16O2. The molecule has 1 unspecified atom stereocenters. The highest BCUT2D eigenvalue weighted by Crippen LogP contribution is 2.37. The molecule has 0 aromatic heterocycles. The zero-order chi connectivity index (χ0) is 9.97. The molecule has 1 saturated carbocycles. The van der Waals surface area contributed by atoms with E-state index in [1.54, 1.807) is 7.11 Å². The second-order valence-corrected chi connectivity index (χ2v) is 3.91. The van der Waals surface area contributed by atoms with Crippen LogP contribution in [0.5, 0.6) is 5.75 Å². The molecule has 1 aliphatic carbocycles. The van der Waals surface area contributed by atoms with Crippen molar-refractivity contribution in [2.24, 2.45) is 5.92 Å². The Morgan fingerprint density at radius 2 is 1.93 bits per heavy atom. The molecule has 0 heterocycles. The maximum Gasteiger partial charge on any atom is 0.118 e. The quantitative estimate of drug-likeness (QED) is 0.797. The SMILES string of the molecule is COc1ccc(C(O)C2CCC2)cc1. The molecule has 1 aromatic rings. The third kappa shape index (κ3) is 1.75. The molecule has 0 radical (unpaired) electrons. The first kappa shape index (κ1) is 9.53. The number of methoxy groups -OCH3 is 1. The van der Waals surface area contributed by atoms with Crippen LogP contribution in [0.15, 0.2) is 24.3 Å². The zero-order valence-corrected chi connectivity index (χ0v) is 8.44. The largest absolute Gasteiger partial charge is 0.497 e. The molecule has 1 aliphatic rings. The summed E-state index contributed by atoms with van der Waals surface area (Å²) >= 11 is 0. The molecule has 76 valence electrons. The van der Waals surface area contributed by atoms with E-state index in [4.69, 9.17) is 4.74 Å². The van der Waals surface area contributed by atoms with Crippen molar-refractivity contribution >= 4 is 0 Å². The van der Waals surface area contributed by atoms with E-state index in [1.165, 1.54) is 6.42 Å². The third-order valence-corrected chi connectivity index (χ3v) is 3.05. The first-order valence-corrected chi connectivity index (χ1v) is 5.13. The van der Waals surface area contributed by atoms with Crippen LogP contribution in [-0.4, -0.2) is 12.2 Å². The average molecular weight is 192 g/mol. The second kappa shape index (κ2) is 4.01. The molecule has 1 aromatic carbocycles. The maximum absolute atomic E-state index is 9.96. The van der Waals surface area contributed by atoms with Gasteiger partial charge in [0.1, 0.15) is 5.75 Å². The van der Waals surface area contributed by atoms with Crippen LogP contribution >= 0.6 is 0 Å². The predicted molar refractivity (Wildman–Crippen MR) is 55.3 cm³/mol. The van der Waals surface area contributed by atoms with Gasteiger partial charge in [0.15, 0.2) is 0 Å². The summed E-state index contributed by atoms with van der Waals surface area (Å²) in [5, 5.41) is 9.96. The van der Waals surface area contributed by atoms with E-state index in [1.807, 2.05) is 24.3 Å². The molecule has 1 fully saturated rings. The van der Waals surface area contributed by atoms with Crippen molar-refractivity contribution in [1.29, 1.82) is 0 Å². The summed E-state index contributed by atoms with van der Waals surface area (Å²) in [6, 6.07) is 7.69. The van der Waals surface area contributed by atoms with E-state index < -0.39 is 0 Å². The van der Waals surface area contributed by atoms with Crippen molar-refractivity contribution in [3.63, 3.8) is 0 Å². The fourth-order valence-electron chi connectivity index (χ4n) is 1.83. The highest BCUT2D eigenvalue weighted by molar-refractivity contribution is 5.28. The first-order valence-electron chi connectivity index (χ1n) is 5.13. The number of ether oxygens (including phenoxy) is 1. The summed E-state index contributed by atoms with van der Waals surface area (Å²) in [4.78, 5) is 0. The Balaban J connectivity index is 2.07. The lowest BCUT2D eigenvalue weighted by Gasteiger charge is -2.30. The van der Waals surface area contributed by atoms with Crippen molar-refractivity contribution in [3.05, 3.63) is 29.8 Å². The second-order valence-electron chi connectivity index (χ2n) is 3.91. The van der Waals surface area contributed by atoms with E-state index >= 15 is 0 Å². The lowest BCUT2D eigenvalue weighted by Crippen LogP contribution is -2.19. The lowest BCUT2D eigenvalue weighted by atomic mass is 9.79. The number of rotatable bonds is 3. The highest BCUT2D eigenvalue weighted by Gasteiger charge is 2.26. The molecule has 0 amide bonds. The van der Waals surface area contributed by atoms with Crippen LogP contribution in [0.25, 0.3) is 0 Å². The van der Waals surface area contributed by atoms with E-state index in [9.17, 15) is 5.11 Å². The van der Waals surface area contributed by atoms with Crippen LogP contribution in [0.2, 0.25) is 0 Å². The normalized spacial score (nSPS) is 18.7. The Morgan fingerprint density at radius 1 is 1.29 bits per heavy atom. The third-order valence-electron chi connectivity index (χ3n) is 3.05. The number of hydrogen-bond acceptors (Lipinski definition) is 2. The van der Waals surface area contributed by atoms with Gasteiger partial charge >= 0.3 is 0 Å². The summed E-state index contributed by atoms with van der Waals surface area (Å²) < 4.78 is 5.07. The van der Waals surface area contributed by atoms with Gasteiger partial charge in [-0.2, -0.15) is 0 Å². The summed E-state index contributed by atoms with van der Waals surface area (Å²) in [7, 11) is 1.65. The Bertz CT molecular complexity index is 288. The smallest absolute Gasteiger partial charge is 0.118 e. The van der Waals surface area contributed by atoms with Gasteiger partial charge in [-0.1, -0.05) is 18.6 Å². The Morgan fingerprint density at radius 3 is 2.36 bits per heavy atom. The molecule has 0 saturated heterocycles. The summed E-state index contributed by atoms with van der Waals surface area (Å²) in [5.74, 6) is 1.32. The molecule has 0 spiro atoms. The summed E-state index contributed by atoms with van der Waals surface area (Å²) in [5.41, 5.74) is 1.01. The van der Waals surface area contributed by atoms with Gasteiger partial charge in [-0.05, 0) is 36.5 Å². The van der Waals surface area contributed by atoms with Gasteiger partial charge in [0.05, 0.1) is 13.2 Å². The number of hydrogen-bond donors (Lipinski definition) is 1. The standard InChI is InChI=1S/C12H16O2/c1-14-11-7-5-10(6-8-11)12(13)9-3-2-4-9/h5-9,12-13H,2-4H2,1H3. The van der Waals surface area contributed by atoms with E-state index in [0.29, 0.717) is 5.92 Å². The van der Waals surface area contributed by atoms with Gasteiger partial charge in [0, 0.05) is 0 Å². The molecule has 1 N–H and O–H groups in total. The van der Waals surface area contributed by atoms with Gasteiger partial charge in [-0.15, -0.1) is 0 Å². The average Bonchev–Trinajstić information content (AvgIpc) is 2.15. The number of aliphatic hydroxyl groups is 1. The van der Waals surface area contributed by atoms with Crippen molar-refractivity contribution in [2.45, 2.75) is 25.4 Å². The molecule has 0 bridgehead atoms. The Hall–Kier alpha value is -1.02. The minimum absolute atomic E-state index is 0.283. The number of aliphatic hydroxyl groups excluding tert-OH is 1. The molecule has 2 nitrogen and oxygen atoms in total. The minimum atomic E-state index is -0.283. The first-order chi connectivity index (χ1) is 6.81. The van der Waals surface area contributed by atoms with Gasteiger partial charge in [0.2, 0.25) is 0 Å². The summed E-state index contributed by atoms with van der Waals surface area (Å²) in [6.07, 6.45) is 3.30. The summed E-state index contributed by atoms with van der Waals surface area (Å²) in [6.45, 7) is 0. The van der Waals surface area contributed by atoms with Crippen LogP contribution in [0.3, 0.4) is 0 Å². The van der Waals surface area contributed by atoms with Crippen LogP contribution < -0.4 is 4.74 Å². The van der Waals surface area contributed by atoms with Gasteiger partial charge in [0.25, 0.3) is 0 Å². The maximum atomic E-state index is 9.96. The van der Waals surface area contributed by atoms with Crippen LogP contribution in [0, 0.1) is 5.92 Å². The van der Waals surface area contributed by atoms with Crippen LogP contribution in [-0.2, 0) is 0 Å². The predicted octanol–water partition coefficient (Wildman–Crippen LogP) is 2.53. The zero-order valence-electron chi connectivity index (χ0n) is 8.44. The van der Waals surface area contributed by atoms with Gasteiger partial charge in [-0.25, -0.2) is 0 Å². The van der Waals surface area contributed by atoms with Crippen LogP contribution in [0.4, 0.5) is 0 Å². The molecule has 0 aliphatic heterocycles. The van der Waals surface area contributed by atoms with Crippen molar-refractivity contribution in [2.75, 3.05) is 7.11 Å². The fourth-order valence-corrected chi connectivity index (χ4v) is 1.83. The topological polar surface area (TPSA) is 29.5 Å². The molecule has 1 atom stereocenters. The van der Waals surface area contributed by atoms with Crippen LogP contribution in [0.1, 0.15) is 30.9 Å². The van der Waals surface area contributed by atoms with Crippen molar-refractivity contribution in [1.82, 2.24) is 0 Å². The van der Waals surface area contributed by atoms with Gasteiger partial charge in [-0.3, -0.25) is 0 Å². The van der Waals surface area contributed by atoms with E-state index in [-0.39, 0.29) is 6.10 Å². The lowest BCUT2D eigenvalue weighted by molar-refractivity contribution is 0.0621. The van der Waals surface area contributed by atoms with E-state index in [2.05, 4.69) is 0 Å². The molecule has 2 rings (SSSR count).